The second kappa shape index (κ2) is 7.80. The van der Waals surface area contributed by atoms with E-state index in [2.05, 4.69) is 28.3 Å². The summed E-state index contributed by atoms with van der Waals surface area (Å²) in [6.07, 6.45) is 6.65. The Bertz CT molecular complexity index is 633. The van der Waals surface area contributed by atoms with E-state index in [1.807, 2.05) is 4.90 Å². The zero-order valence-corrected chi connectivity index (χ0v) is 14.9. The lowest BCUT2D eigenvalue weighted by atomic mass is 9.92. The number of rotatable bonds is 4. The number of hydrogen-bond acceptors (Lipinski definition) is 4. The molecule has 7 nitrogen and oxygen atoms in total. The zero-order chi connectivity index (χ0) is 17.8. The average molecular weight is 345 g/mol. The van der Waals surface area contributed by atoms with Gasteiger partial charge in [0.1, 0.15) is 12.2 Å². The van der Waals surface area contributed by atoms with Crippen LogP contribution in [-0.4, -0.2) is 62.6 Å². The molecule has 0 N–H and O–H groups in total. The van der Waals surface area contributed by atoms with Crippen molar-refractivity contribution < 1.29 is 9.59 Å². The molecular formula is C18H27N5O2. The van der Waals surface area contributed by atoms with E-state index in [0.29, 0.717) is 13.1 Å². The Morgan fingerprint density at radius 1 is 1.24 bits per heavy atom. The highest BCUT2D eigenvalue weighted by molar-refractivity contribution is 5.87. The van der Waals surface area contributed by atoms with Crippen LogP contribution >= 0.6 is 0 Å². The molecule has 1 aromatic rings. The van der Waals surface area contributed by atoms with Gasteiger partial charge in [-0.05, 0) is 38.7 Å². The van der Waals surface area contributed by atoms with Gasteiger partial charge in [-0.15, -0.1) is 10.2 Å². The van der Waals surface area contributed by atoms with Gasteiger partial charge in [-0.3, -0.25) is 9.59 Å². The first-order chi connectivity index (χ1) is 12.1. The monoisotopic (exact) mass is 345 g/mol. The maximum absolute atomic E-state index is 12.9. The number of piperidine rings is 2. The molecule has 3 rings (SSSR count). The molecule has 136 valence electrons. The first kappa shape index (κ1) is 17.6. The second-order valence-electron chi connectivity index (χ2n) is 6.90. The van der Waals surface area contributed by atoms with Gasteiger partial charge in [-0.1, -0.05) is 6.58 Å². The highest BCUT2D eigenvalue weighted by Gasteiger charge is 2.33. The van der Waals surface area contributed by atoms with Gasteiger partial charge in [0.05, 0.1) is 0 Å². The van der Waals surface area contributed by atoms with E-state index < -0.39 is 0 Å². The van der Waals surface area contributed by atoms with Crippen molar-refractivity contribution >= 4 is 11.8 Å². The van der Waals surface area contributed by atoms with Gasteiger partial charge in [0.15, 0.2) is 0 Å². The minimum atomic E-state index is -0.0390. The fraction of sp³-hybridized carbons (Fsp3) is 0.667. The lowest BCUT2D eigenvalue weighted by Crippen LogP contribution is -2.46. The molecule has 1 aromatic heterocycles. The molecule has 2 saturated heterocycles. The third-order valence-electron chi connectivity index (χ3n) is 5.41. The number of carbonyl (C=O) groups is 2. The molecule has 0 spiro atoms. The quantitative estimate of drug-likeness (QED) is 0.774. The summed E-state index contributed by atoms with van der Waals surface area (Å²) in [4.78, 5) is 28.4. The van der Waals surface area contributed by atoms with E-state index >= 15 is 0 Å². The Kier molecular flexibility index (Phi) is 5.50. The van der Waals surface area contributed by atoms with Crippen LogP contribution in [0.3, 0.4) is 0 Å². The third-order valence-corrected chi connectivity index (χ3v) is 5.41. The summed E-state index contributed by atoms with van der Waals surface area (Å²) in [7, 11) is 0. The van der Waals surface area contributed by atoms with Crippen LogP contribution in [0.2, 0.25) is 0 Å². The van der Waals surface area contributed by atoms with Gasteiger partial charge < -0.3 is 14.4 Å². The molecule has 1 atom stereocenters. The van der Waals surface area contributed by atoms with Gasteiger partial charge in [-0.25, -0.2) is 0 Å². The summed E-state index contributed by atoms with van der Waals surface area (Å²) in [5, 5.41) is 8.30. The molecule has 2 amide bonds. The van der Waals surface area contributed by atoms with Crippen LogP contribution in [0, 0.1) is 5.92 Å². The zero-order valence-electron chi connectivity index (χ0n) is 14.9. The van der Waals surface area contributed by atoms with Crippen LogP contribution in [0.25, 0.3) is 0 Å². The number of hydrogen-bond donors (Lipinski definition) is 0. The molecule has 1 unspecified atom stereocenters. The summed E-state index contributed by atoms with van der Waals surface area (Å²) >= 11 is 0. The molecule has 0 bridgehead atoms. The van der Waals surface area contributed by atoms with Gasteiger partial charge in [0.25, 0.3) is 0 Å². The standard InChI is InChI=1S/C18H27N5O2/c1-3-16(24)22-10-7-14(8-11-22)18(25)23-9-5-6-15(12-23)17-20-19-13-21(17)4-2/h3,13-15H,1,4-12H2,2H3. The molecule has 3 heterocycles. The van der Waals surface area contributed by atoms with Crippen LogP contribution in [0.4, 0.5) is 0 Å². The average Bonchev–Trinajstić information content (AvgIpc) is 3.16. The highest BCUT2D eigenvalue weighted by Crippen LogP contribution is 2.28. The molecule has 7 heteroatoms. The van der Waals surface area contributed by atoms with E-state index in [4.69, 9.17) is 0 Å². The predicted molar refractivity (Wildman–Crippen MR) is 93.8 cm³/mol. The van der Waals surface area contributed by atoms with Crippen LogP contribution < -0.4 is 0 Å². The lowest BCUT2D eigenvalue weighted by molar-refractivity contribution is -0.140. The summed E-state index contributed by atoms with van der Waals surface area (Å²) in [6, 6.07) is 0. The van der Waals surface area contributed by atoms with Crippen LogP contribution in [0.15, 0.2) is 19.0 Å². The van der Waals surface area contributed by atoms with E-state index in [1.54, 1.807) is 11.2 Å². The fourth-order valence-corrected chi connectivity index (χ4v) is 3.95. The topological polar surface area (TPSA) is 71.3 Å². The Labute approximate surface area is 148 Å². The van der Waals surface area contributed by atoms with Gasteiger partial charge >= 0.3 is 0 Å². The molecule has 0 saturated carbocycles. The van der Waals surface area contributed by atoms with Crippen LogP contribution in [0.5, 0.6) is 0 Å². The van der Waals surface area contributed by atoms with Crippen LogP contribution in [0.1, 0.15) is 44.3 Å². The Hall–Kier alpha value is -2.18. The molecule has 2 fully saturated rings. The number of carbonyl (C=O) groups excluding carboxylic acids is 2. The summed E-state index contributed by atoms with van der Waals surface area (Å²) in [5.74, 6) is 1.48. The Morgan fingerprint density at radius 3 is 2.68 bits per heavy atom. The van der Waals surface area contributed by atoms with Crippen molar-refractivity contribution in [2.45, 2.75) is 45.1 Å². The predicted octanol–water partition coefficient (Wildman–Crippen LogP) is 1.43. The number of aromatic nitrogens is 3. The van der Waals surface area contributed by atoms with Gasteiger partial charge in [0, 0.05) is 44.6 Å². The molecule has 2 aliphatic rings. The number of nitrogens with zero attached hydrogens (tertiary/aromatic N) is 5. The van der Waals surface area contributed by atoms with E-state index in [0.717, 1.165) is 51.1 Å². The molecular weight excluding hydrogens is 318 g/mol. The minimum absolute atomic E-state index is 0.0247. The molecule has 0 radical (unpaired) electrons. The normalized spacial score (nSPS) is 22.0. The largest absolute Gasteiger partial charge is 0.342 e. The lowest BCUT2D eigenvalue weighted by Gasteiger charge is -2.37. The smallest absolute Gasteiger partial charge is 0.245 e. The van der Waals surface area contributed by atoms with Crippen molar-refractivity contribution in [1.29, 1.82) is 0 Å². The van der Waals surface area contributed by atoms with E-state index in [-0.39, 0.29) is 23.7 Å². The maximum Gasteiger partial charge on any atom is 0.245 e. The SMILES string of the molecule is C=CC(=O)N1CCC(C(=O)N2CCCC(c3nncn3CC)C2)CC1. The first-order valence-corrected chi connectivity index (χ1v) is 9.21. The summed E-state index contributed by atoms with van der Waals surface area (Å²) in [5.41, 5.74) is 0. The molecule has 0 aromatic carbocycles. The molecule has 2 aliphatic heterocycles. The first-order valence-electron chi connectivity index (χ1n) is 9.21. The van der Waals surface area contributed by atoms with Crippen molar-refractivity contribution in [3.8, 4) is 0 Å². The Morgan fingerprint density at radius 2 is 2.00 bits per heavy atom. The summed E-state index contributed by atoms with van der Waals surface area (Å²) < 4.78 is 2.07. The molecule has 0 aliphatic carbocycles. The van der Waals surface area contributed by atoms with Crippen molar-refractivity contribution in [2.24, 2.45) is 5.92 Å². The number of aryl methyl sites for hydroxylation is 1. The van der Waals surface area contributed by atoms with E-state index in [1.165, 1.54) is 6.08 Å². The Balaban J connectivity index is 1.59. The highest BCUT2D eigenvalue weighted by atomic mass is 16.2. The van der Waals surface area contributed by atoms with Crippen molar-refractivity contribution in [3.63, 3.8) is 0 Å². The van der Waals surface area contributed by atoms with Crippen molar-refractivity contribution in [2.75, 3.05) is 26.2 Å². The summed E-state index contributed by atoms with van der Waals surface area (Å²) in [6.45, 7) is 9.29. The van der Waals surface area contributed by atoms with Crippen molar-refractivity contribution in [1.82, 2.24) is 24.6 Å². The van der Waals surface area contributed by atoms with Gasteiger partial charge in [-0.2, -0.15) is 0 Å². The van der Waals surface area contributed by atoms with Crippen molar-refractivity contribution in [3.05, 3.63) is 24.8 Å². The number of amides is 2. The fourth-order valence-electron chi connectivity index (χ4n) is 3.95. The minimum Gasteiger partial charge on any atom is -0.342 e. The maximum atomic E-state index is 12.9. The van der Waals surface area contributed by atoms with Crippen LogP contribution in [-0.2, 0) is 16.1 Å². The van der Waals surface area contributed by atoms with Gasteiger partial charge in [0.2, 0.25) is 11.8 Å². The van der Waals surface area contributed by atoms with E-state index in [9.17, 15) is 9.59 Å². The second-order valence-corrected chi connectivity index (χ2v) is 6.90. The number of likely N-dealkylation sites (tertiary alicyclic amines) is 2. The molecule has 25 heavy (non-hydrogen) atoms. The third kappa shape index (κ3) is 3.75.